The SMILES string of the molecule is Cc1c(Cl)cccc1NS(=O)(=O)c1ccc(CN)cc1. The molecular formula is C14H15ClN2O2S. The standard InChI is InChI=1S/C14H15ClN2O2S/c1-10-13(15)3-2-4-14(10)17-20(18,19)12-7-5-11(9-16)6-8-12/h2-8,17H,9,16H2,1H3. The molecule has 0 saturated carbocycles. The summed E-state index contributed by atoms with van der Waals surface area (Å²) in [6, 6.07) is 11.5. The van der Waals surface area contributed by atoms with Gasteiger partial charge in [0, 0.05) is 11.6 Å². The number of anilines is 1. The monoisotopic (exact) mass is 310 g/mol. The van der Waals surface area contributed by atoms with Gasteiger partial charge in [-0.1, -0.05) is 29.8 Å². The van der Waals surface area contributed by atoms with Gasteiger partial charge in [0.2, 0.25) is 0 Å². The molecule has 0 aromatic heterocycles. The summed E-state index contributed by atoms with van der Waals surface area (Å²) in [6.07, 6.45) is 0. The van der Waals surface area contributed by atoms with Crippen molar-refractivity contribution in [1.29, 1.82) is 0 Å². The zero-order valence-electron chi connectivity index (χ0n) is 10.9. The molecule has 3 N–H and O–H groups in total. The summed E-state index contributed by atoms with van der Waals surface area (Å²) in [5.74, 6) is 0. The first-order chi connectivity index (χ1) is 9.44. The zero-order valence-corrected chi connectivity index (χ0v) is 12.5. The predicted molar refractivity (Wildman–Crippen MR) is 81.3 cm³/mol. The second kappa shape index (κ2) is 5.83. The van der Waals surface area contributed by atoms with Crippen molar-refractivity contribution in [2.75, 3.05) is 4.72 Å². The second-order valence-electron chi connectivity index (χ2n) is 4.37. The van der Waals surface area contributed by atoms with E-state index in [-0.39, 0.29) is 4.90 Å². The van der Waals surface area contributed by atoms with Crippen LogP contribution in [0.3, 0.4) is 0 Å². The van der Waals surface area contributed by atoms with Crippen LogP contribution >= 0.6 is 11.6 Å². The van der Waals surface area contributed by atoms with Crippen molar-refractivity contribution in [2.24, 2.45) is 5.73 Å². The van der Waals surface area contributed by atoms with E-state index in [2.05, 4.69) is 4.72 Å². The second-order valence-corrected chi connectivity index (χ2v) is 6.46. The lowest BCUT2D eigenvalue weighted by atomic mass is 10.2. The van der Waals surface area contributed by atoms with Crippen LogP contribution < -0.4 is 10.5 Å². The third-order valence-corrected chi connectivity index (χ3v) is 4.77. The number of rotatable bonds is 4. The minimum atomic E-state index is -3.63. The average molecular weight is 311 g/mol. The minimum Gasteiger partial charge on any atom is -0.326 e. The van der Waals surface area contributed by atoms with Gasteiger partial charge in [0.15, 0.2) is 0 Å². The molecule has 20 heavy (non-hydrogen) atoms. The molecule has 2 aromatic rings. The molecule has 106 valence electrons. The fourth-order valence-electron chi connectivity index (χ4n) is 1.73. The molecule has 0 heterocycles. The van der Waals surface area contributed by atoms with E-state index in [4.69, 9.17) is 17.3 Å². The normalized spacial score (nSPS) is 11.3. The Labute approximate surface area is 123 Å². The highest BCUT2D eigenvalue weighted by Gasteiger charge is 2.15. The smallest absolute Gasteiger partial charge is 0.261 e. The van der Waals surface area contributed by atoms with Crippen LogP contribution in [0.2, 0.25) is 5.02 Å². The van der Waals surface area contributed by atoms with Crippen LogP contribution in [0.4, 0.5) is 5.69 Å². The Bertz CT molecular complexity index is 712. The van der Waals surface area contributed by atoms with Crippen LogP contribution in [0.5, 0.6) is 0 Å². The van der Waals surface area contributed by atoms with E-state index in [0.29, 0.717) is 22.8 Å². The Morgan fingerprint density at radius 1 is 1.15 bits per heavy atom. The van der Waals surface area contributed by atoms with Gasteiger partial charge in [-0.05, 0) is 42.3 Å². The van der Waals surface area contributed by atoms with Crippen LogP contribution in [0.25, 0.3) is 0 Å². The summed E-state index contributed by atoms with van der Waals surface area (Å²) in [5, 5.41) is 0.517. The van der Waals surface area contributed by atoms with Crippen molar-refractivity contribution in [3.8, 4) is 0 Å². The molecule has 0 aliphatic carbocycles. The summed E-state index contributed by atoms with van der Waals surface area (Å²) in [5.41, 5.74) is 7.53. The highest BCUT2D eigenvalue weighted by molar-refractivity contribution is 7.92. The molecule has 2 aromatic carbocycles. The van der Waals surface area contributed by atoms with Crippen LogP contribution in [0.1, 0.15) is 11.1 Å². The zero-order chi connectivity index (χ0) is 14.8. The fourth-order valence-corrected chi connectivity index (χ4v) is 3.02. The molecule has 0 saturated heterocycles. The number of nitrogens with one attached hydrogen (secondary N) is 1. The fraction of sp³-hybridized carbons (Fsp3) is 0.143. The Hall–Kier alpha value is -1.56. The van der Waals surface area contributed by atoms with Crippen molar-refractivity contribution >= 4 is 27.3 Å². The third kappa shape index (κ3) is 3.12. The average Bonchev–Trinajstić information content (AvgIpc) is 2.44. The van der Waals surface area contributed by atoms with E-state index < -0.39 is 10.0 Å². The van der Waals surface area contributed by atoms with Gasteiger partial charge in [0.05, 0.1) is 10.6 Å². The van der Waals surface area contributed by atoms with Crippen LogP contribution in [-0.2, 0) is 16.6 Å². The molecule has 0 aliphatic rings. The van der Waals surface area contributed by atoms with E-state index in [1.807, 2.05) is 0 Å². The van der Waals surface area contributed by atoms with Gasteiger partial charge in [-0.2, -0.15) is 0 Å². The number of nitrogens with two attached hydrogens (primary N) is 1. The Balaban J connectivity index is 2.33. The summed E-state index contributed by atoms with van der Waals surface area (Å²) < 4.78 is 27.1. The molecule has 0 amide bonds. The first-order valence-electron chi connectivity index (χ1n) is 6.01. The molecule has 0 bridgehead atoms. The van der Waals surface area contributed by atoms with Crippen molar-refractivity contribution in [1.82, 2.24) is 0 Å². The van der Waals surface area contributed by atoms with E-state index in [1.165, 1.54) is 12.1 Å². The minimum absolute atomic E-state index is 0.189. The predicted octanol–water partition coefficient (Wildman–Crippen LogP) is 2.91. The molecule has 2 rings (SSSR count). The van der Waals surface area contributed by atoms with Gasteiger partial charge in [-0.25, -0.2) is 8.42 Å². The van der Waals surface area contributed by atoms with Gasteiger partial charge in [-0.15, -0.1) is 0 Å². The van der Waals surface area contributed by atoms with Crippen LogP contribution in [-0.4, -0.2) is 8.42 Å². The Morgan fingerprint density at radius 3 is 2.40 bits per heavy atom. The summed E-state index contributed by atoms with van der Waals surface area (Å²) in [7, 11) is -3.63. The maximum atomic E-state index is 12.3. The molecule has 0 spiro atoms. The molecule has 6 heteroatoms. The molecule has 0 radical (unpaired) electrons. The van der Waals surface area contributed by atoms with E-state index in [0.717, 1.165) is 5.56 Å². The van der Waals surface area contributed by atoms with Crippen molar-refractivity contribution < 1.29 is 8.42 Å². The third-order valence-electron chi connectivity index (χ3n) is 2.98. The first-order valence-corrected chi connectivity index (χ1v) is 7.87. The number of halogens is 1. The lowest BCUT2D eigenvalue weighted by Gasteiger charge is -2.11. The van der Waals surface area contributed by atoms with E-state index >= 15 is 0 Å². The van der Waals surface area contributed by atoms with Gasteiger partial charge in [0.25, 0.3) is 10.0 Å². The van der Waals surface area contributed by atoms with Crippen LogP contribution in [0.15, 0.2) is 47.4 Å². The highest BCUT2D eigenvalue weighted by atomic mass is 35.5. The molecule has 4 nitrogen and oxygen atoms in total. The maximum Gasteiger partial charge on any atom is 0.261 e. The molecule has 0 fully saturated rings. The van der Waals surface area contributed by atoms with Crippen molar-refractivity contribution in [3.63, 3.8) is 0 Å². The molecule has 0 aliphatic heterocycles. The van der Waals surface area contributed by atoms with Crippen molar-refractivity contribution in [2.45, 2.75) is 18.4 Å². The molecule has 0 atom stereocenters. The van der Waals surface area contributed by atoms with Crippen molar-refractivity contribution in [3.05, 3.63) is 58.6 Å². The van der Waals surface area contributed by atoms with Gasteiger partial charge >= 0.3 is 0 Å². The number of hydrogen-bond donors (Lipinski definition) is 2. The van der Waals surface area contributed by atoms with Gasteiger partial charge < -0.3 is 5.73 Å². The number of benzene rings is 2. The van der Waals surface area contributed by atoms with Crippen LogP contribution in [0, 0.1) is 6.92 Å². The lowest BCUT2D eigenvalue weighted by Crippen LogP contribution is -2.14. The van der Waals surface area contributed by atoms with E-state index in [1.54, 1.807) is 37.3 Å². The lowest BCUT2D eigenvalue weighted by molar-refractivity contribution is 0.601. The van der Waals surface area contributed by atoms with E-state index in [9.17, 15) is 8.42 Å². The van der Waals surface area contributed by atoms with Gasteiger partial charge in [-0.3, -0.25) is 4.72 Å². The molecule has 0 unspecified atom stereocenters. The largest absolute Gasteiger partial charge is 0.326 e. The van der Waals surface area contributed by atoms with Gasteiger partial charge in [0.1, 0.15) is 0 Å². The summed E-state index contributed by atoms with van der Waals surface area (Å²) in [6.45, 7) is 2.14. The Kier molecular flexibility index (Phi) is 4.32. The quantitative estimate of drug-likeness (QED) is 0.912. The summed E-state index contributed by atoms with van der Waals surface area (Å²) >= 11 is 5.98. The maximum absolute atomic E-state index is 12.3. The highest BCUT2D eigenvalue weighted by Crippen LogP contribution is 2.25. The topological polar surface area (TPSA) is 72.2 Å². The first kappa shape index (κ1) is 14.8. The summed E-state index contributed by atoms with van der Waals surface area (Å²) in [4.78, 5) is 0.189. The molecular weight excluding hydrogens is 296 g/mol. The number of hydrogen-bond acceptors (Lipinski definition) is 3. The Morgan fingerprint density at radius 2 is 1.80 bits per heavy atom. The number of sulfonamides is 1.